The highest BCUT2D eigenvalue weighted by molar-refractivity contribution is 5.29. The molecular weight excluding hydrogens is 212 g/mol. The summed E-state index contributed by atoms with van der Waals surface area (Å²) in [6.07, 6.45) is 4.73. The normalized spacial score (nSPS) is 18.6. The highest BCUT2D eigenvalue weighted by atomic mass is 16.5. The monoisotopic (exact) mass is 234 g/mol. The maximum absolute atomic E-state index is 10.3. The average Bonchev–Trinajstić information content (AvgIpc) is 2.82. The molecule has 0 saturated heterocycles. The SMILES string of the molecule is CC(C)Oc1ccc(C(O)C2CCCC2)cc1. The fourth-order valence-electron chi connectivity index (χ4n) is 2.56. The molecule has 0 heterocycles. The van der Waals surface area contributed by atoms with E-state index in [1.807, 2.05) is 38.1 Å². The van der Waals surface area contributed by atoms with Crippen molar-refractivity contribution < 1.29 is 9.84 Å². The van der Waals surface area contributed by atoms with Crippen molar-refractivity contribution in [1.82, 2.24) is 0 Å². The minimum atomic E-state index is -0.300. The van der Waals surface area contributed by atoms with Gasteiger partial charge in [0.2, 0.25) is 0 Å². The van der Waals surface area contributed by atoms with Gasteiger partial charge in [0.25, 0.3) is 0 Å². The molecule has 2 rings (SSSR count). The standard InChI is InChI=1S/C15H22O2/c1-11(2)17-14-9-7-13(8-10-14)15(16)12-5-3-4-6-12/h7-12,15-16H,3-6H2,1-2H3. The smallest absolute Gasteiger partial charge is 0.119 e. The second-order valence-corrected chi connectivity index (χ2v) is 5.23. The van der Waals surface area contributed by atoms with Crippen LogP contribution in [-0.2, 0) is 0 Å². The molecule has 1 aromatic carbocycles. The molecule has 0 bridgehead atoms. The first-order valence-corrected chi connectivity index (χ1v) is 6.61. The van der Waals surface area contributed by atoms with Gasteiger partial charge in [-0.3, -0.25) is 0 Å². The van der Waals surface area contributed by atoms with Crippen molar-refractivity contribution >= 4 is 0 Å². The Kier molecular flexibility index (Phi) is 4.06. The summed E-state index contributed by atoms with van der Waals surface area (Å²) < 4.78 is 5.59. The first-order chi connectivity index (χ1) is 8.16. The maximum Gasteiger partial charge on any atom is 0.119 e. The molecule has 1 atom stereocenters. The van der Waals surface area contributed by atoms with Crippen LogP contribution in [-0.4, -0.2) is 11.2 Å². The van der Waals surface area contributed by atoms with Crippen molar-refractivity contribution in [3.63, 3.8) is 0 Å². The van der Waals surface area contributed by atoms with Gasteiger partial charge in [0.1, 0.15) is 5.75 Å². The molecule has 94 valence electrons. The van der Waals surface area contributed by atoms with Crippen LogP contribution >= 0.6 is 0 Å². The first kappa shape index (κ1) is 12.4. The van der Waals surface area contributed by atoms with Gasteiger partial charge in [-0.25, -0.2) is 0 Å². The molecule has 1 saturated carbocycles. The Labute approximate surface area is 104 Å². The van der Waals surface area contributed by atoms with E-state index in [1.165, 1.54) is 12.8 Å². The Hall–Kier alpha value is -1.02. The number of hydrogen-bond donors (Lipinski definition) is 1. The van der Waals surface area contributed by atoms with E-state index in [1.54, 1.807) is 0 Å². The fraction of sp³-hybridized carbons (Fsp3) is 0.600. The van der Waals surface area contributed by atoms with Gasteiger partial charge in [0.15, 0.2) is 0 Å². The van der Waals surface area contributed by atoms with Crippen molar-refractivity contribution in [1.29, 1.82) is 0 Å². The van der Waals surface area contributed by atoms with Crippen LogP contribution in [0, 0.1) is 5.92 Å². The van der Waals surface area contributed by atoms with Gasteiger partial charge < -0.3 is 9.84 Å². The van der Waals surface area contributed by atoms with Crippen molar-refractivity contribution in [2.75, 3.05) is 0 Å². The number of ether oxygens (including phenoxy) is 1. The molecule has 1 unspecified atom stereocenters. The van der Waals surface area contributed by atoms with Gasteiger partial charge in [-0.15, -0.1) is 0 Å². The number of aliphatic hydroxyl groups is 1. The summed E-state index contributed by atoms with van der Waals surface area (Å²) in [6, 6.07) is 7.88. The van der Waals surface area contributed by atoms with Gasteiger partial charge in [0, 0.05) is 0 Å². The number of rotatable bonds is 4. The quantitative estimate of drug-likeness (QED) is 0.860. The third kappa shape index (κ3) is 3.22. The van der Waals surface area contributed by atoms with Crippen molar-refractivity contribution in [3.8, 4) is 5.75 Å². The number of hydrogen-bond acceptors (Lipinski definition) is 2. The van der Waals surface area contributed by atoms with E-state index in [-0.39, 0.29) is 12.2 Å². The second kappa shape index (κ2) is 5.54. The second-order valence-electron chi connectivity index (χ2n) is 5.23. The molecule has 1 aliphatic rings. The zero-order chi connectivity index (χ0) is 12.3. The molecule has 17 heavy (non-hydrogen) atoms. The average molecular weight is 234 g/mol. The van der Waals surface area contributed by atoms with Crippen LogP contribution in [0.15, 0.2) is 24.3 Å². The Balaban J connectivity index is 2.01. The van der Waals surface area contributed by atoms with E-state index >= 15 is 0 Å². The lowest BCUT2D eigenvalue weighted by Gasteiger charge is -2.18. The molecule has 0 amide bonds. The highest BCUT2D eigenvalue weighted by Crippen LogP contribution is 2.35. The van der Waals surface area contributed by atoms with Gasteiger partial charge in [0.05, 0.1) is 12.2 Å². The Morgan fingerprint density at radius 3 is 2.24 bits per heavy atom. The molecule has 2 heteroatoms. The zero-order valence-corrected chi connectivity index (χ0v) is 10.7. The Morgan fingerprint density at radius 2 is 1.71 bits per heavy atom. The van der Waals surface area contributed by atoms with E-state index in [9.17, 15) is 5.11 Å². The number of benzene rings is 1. The van der Waals surface area contributed by atoms with Crippen LogP contribution in [0.5, 0.6) is 5.75 Å². The van der Waals surface area contributed by atoms with Crippen LogP contribution < -0.4 is 4.74 Å². The molecule has 1 N–H and O–H groups in total. The lowest BCUT2D eigenvalue weighted by Crippen LogP contribution is -2.09. The molecule has 1 fully saturated rings. The van der Waals surface area contributed by atoms with Crippen LogP contribution in [0.2, 0.25) is 0 Å². The summed E-state index contributed by atoms with van der Waals surface area (Å²) in [5, 5.41) is 10.3. The topological polar surface area (TPSA) is 29.5 Å². The van der Waals surface area contributed by atoms with E-state index in [4.69, 9.17) is 4.74 Å². The fourth-order valence-corrected chi connectivity index (χ4v) is 2.56. The summed E-state index contributed by atoms with van der Waals surface area (Å²) in [6.45, 7) is 4.03. The van der Waals surface area contributed by atoms with Gasteiger partial charge in [-0.05, 0) is 50.3 Å². The van der Waals surface area contributed by atoms with Crippen LogP contribution in [0.3, 0.4) is 0 Å². The minimum Gasteiger partial charge on any atom is -0.491 e. The van der Waals surface area contributed by atoms with Crippen LogP contribution in [0.1, 0.15) is 51.2 Å². The maximum atomic E-state index is 10.3. The molecule has 0 aliphatic heterocycles. The van der Waals surface area contributed by atoms with Crippen molar-refractivity contribution in [2.45, 2.75) is 51.7 Å². The van der Waals surface area contributed by atoms with Crippen LogP contribution in [0.4, 0.5) is 0 Å². The molecule has 1 aliphatic carbocycles. The number of aliphatic hydroxyl groups excluding tert-OH is 1. The molecule has 2 nitrogen and oxygen atoms in total. The largest absolute Gasteiger partial charge is 0.491 e. The van der Waals surface area contributed by atoms with E-state index in [0.29, 0.717) is 5.92 Å². The predicted molar refractivity (Wildman–Crippen MR) is 69.1 cm³/mol. The van der Waals surface area contributed by atoms with Crippen LogP contribution in [0.25, 0.3) is 0 Å². The summed E-state index contributed by atoms with van der Waals surface area (Å²) in [5.41, 5.74) is 1.02. The summed E-state index contributed by atoms with van der Waals surface area (Å²) in [5.74, 6) is 1.33. The lowest BCUT2D eigenvalue weighted by atomic mass is 9.94. The third-order valence-corrected chi connectivity index (χ3v) is 3.44. The van der Waals surface area contributed by atoms with Crippen molar-refractivity contribution in [2.24, 2.45) is 5.92 Å². The zero-order valence-electron chi connectivity index (χ0n) is 10.7. The summed E-state index contributed by atoms with van der Waals surface area (Å²) in [4.78, 5) is 0. The first-order valence-electron chi connectivity index (χ1n) is 6.61. The molecule has 0 aromatic heterocycles. The predicted octanol–water partition coefficient (Wildman–Crippen LogP) is 3.70. The van der Waals surface area contributed by atoms with E-state index < -0.39 is 0 Å². The van der Waals surface area contributed by atoms with Gasteiger partial charge in [-0.1, -0.05) is 25.0 Å². The minimum absolute atomic E-state index is 0.195. The molecule has 0 radical (unpaired) electrons. The van der Waals surface area contributed by atoms with E-state index in [0.717, 1.165) is 24.2 Å². The summed E-state index contributed by atoms with van der Waals surface area (Å²) >= 11 is 0. The van der Waals surface area contributed by atoms with Gasteiger partial charge in [-0.2, -0.15) is 0 Å². The van der Waals surface area contributed by atoms with Gasteiger partial charge >= 0.3 is 0 Å². The van der Waals surface area contributed by atoms with E-state index in [2.05, 4.69) is 0 Å². The third-order valence-electron chi connectivity index (χ3n) is 3.44. The highest BCUT2D eigenvalue weighted by Gasteiger charge is 2.24. The molecule has 0 spiro atoms. The summed E-state index contributed by atoms with van der Waals surface area (Å²) in [7, 11) is 0. The Bertz CT molecular complexity index is 336. The Morgan fingerprint density at radius 1 is 1.12 bits per heavy atom. The molecular formula is C15H22O2. The van der Waals surface area contributed by atoms with Crippen molar-refractivity contribution in [3.05, 3.63) is 29.8 Å². The lowest BCUT2D eigenvalue weighted by molar-refractivity contribution is 0.111. The molecule has 1 aromatic rings.